The molecule has 0 saturated heterocycles. The van der Waals surface area contributed by atoms with Crippen LogP contribution in [0.3, 0.4) is 0 Å². The van der Waals surface area contributed by atoms with E-state index >= 15 is 0 Å². The molecule has 4 N–H and O–H groups in total. The van der Waals surface area contributed by atoms with Crippen LogP contribution in [0.4, 0.5) is 0 Å². The van der Waals surface area contributed by atoms with E-state index in [2.05, 4.69) is 12.1 Å². The molecule has 6 atom stereocenters. The van der Waals surface area contributed by atoms with Crippen LogP contribution in [0, 0.1) is 17.3 Å². The van der Waals surface area contributed by atoms with Gasteiger partial charge >= 0.3 is 5.97 Å². The number of carbonyl (C=O) groups is 1. The van der Waals surface area contributed by atoms with E-state index in [9.17, 15) is 20.1 Å². The van der Waals surface area contributed by atoms with Gasteiger partial charge in [0.15, 0.2) is 0 Å². The Morgan fingerprint density at radius 2 is 2.15 bits per heavy atom. The molecule has 3 aliphatic carbocycles. The number of benzene rings is 1. The second-order valence-electron chi connectivity index (χ2n) is 8.35. The van der Waals surface area contributed by atoms with E-state index in [0.717, 1.165) is 24.0 Å². The van der Waals surface area contributed by atoms with Crippen LogP contribution in [0.15, 0.2) is 23.4 Å². The van der Waals surface area contributed by atoms with Gasteiger partial charge in [-0.25, -0.2) is 4.79 Å². The Morgan fingerprint density at radius 3 is 2.89 bits per heavy atom. The number of nitrogens with zero attached hydrogens (tertiary/aromatic N) is 1. The minimum absolute atomic E-state index is 0.130. The Kier molecular flexibility index (Phi) is 4.39. The number of carboxylic acid groups (broad SMARTS) is 1. The molecule has 2 saturated carbocycles. The van der Waals surface area contributed by atoms with Gasteiger partial charge < -0.3 is 25.3 Å². The van der Waals surface area contributed by atoms with Crippen molar-refractivity contribution >= 4 is 11.7 Å². The predicted molar refractivity (Wildman–Crippen MR) is 96.5 cm³/mol. The van der Waals surface area contributed by atoms with E-state index in [4.69, 9.17) is 9.94 Å². The van der Waals surface area contributed by atoms with E-state index in [1.54, 1.807) is 12.1 Å². The van der Waals surface area contributed by atoms with E-state index in [-0.39, 0.29) is 28.9 Å². The number of phenols is 1. The zero-order valence-electron chi connectivity index (χ0n) is 15.2. The number of aliphatic hydroxyl groups excluding tert-OH is 2. The van der Waals surface area contributed by atoms with E-state index in [0.29, 0.717) is 18.6 Å². The largest absolute Gasteiger partial charge is 0.508 e. The van der Waals surface area contributed by atoms with Gasteiger partial charge in [0.25, 0.3) is 0 Å². The van der Waals surface area contributed by atoms with Gasteiger partial charge in [-0.15, -0.1) is 0 Å². The number of carboxylic acids is 1. The van der Waals surface area contributed by atoms with Crippen LogP contribution in [-0.4, -0.2) is 50.9 Å². The molecule has 0 aromatic heterocycles. The van der Waals surface area contributed by atoms with Crippen molar-refractivity contribution in [1.29, 1.82) is 0 Å². The first kappa shape index (κ1) is 18.3. The second kappa shape index (κ2) is 6.49. The second-order valence-corrected chi connectivity index (χ2v) is 8.35. The molecule has 7 nitrogen and oxygen atoms in total. The van der Waals surface area contributed by atoms with Gasteiger partial charge in [0.05, 0.1) is 17.9 Å². The summed E-state index contributed by atoms with van der Waals surface area (Å²) in [6, 6.07) is 5.21. The third-order valence-corrected chi connectivity index (χ3v) is 6.95. The molecular weight excluding hydrogens is 350 g/mol. The molecule has 27 heavy (non-hydrogen) atoms. The van der Waals surface area contributed by atoms with E-state index in [1.165, 1.54) is 0 Å². The average Bonchev–Trinajstić information content (AvgIpc) is 2.85. The quantitative estimate of drug-likeness (QED) is 0.599. The summed E-state index contributed by atoms with van der Waals surface area (Å²) in [4.78, 5) is 15.7. The lowest BCUT2D eigenvalue weighted by Crippen LogP contribution is -2.45. The summed E-state index contributed by atoms with van der Waals surface area (Å²) in [5.41, 5.74) is 2.15. The van der Waals surface area contributed by atoms with Crippen LogP contribution in [0.2, 0.25) is 0 Å². The van der Waals surface area contributed by atoms with Crippen molar-refractivity contribution in [2.45, 2.75) is 50.7 Å². The van der Waals surface area contributed by atoms with Crippen molar-refractivity contribution in [1.82, 2.24) is 0 Å². The maximum Gasteiger partial charge on any atom is 0.344 e. The molecule has 1 aromatic carbocycles. The molecule has 2 fully saturated rings. The highest BCUT2D eigenvalue weighted by Gasteiger charge is 2.58. The first-order valence-electron chi connectivity index (χ1n) is 9.41. The molecule has 4 rings (SSSR count). The fourth-order valence-corrected chi connectivity index (χ4v) is 5.65. The van der Waals surface area contributed by atoms with Gasteiger partial charge in [-0.3, -0.25) is 0 Å². The number of fused-ring (bicyclic) bond motifs is 5. The number of hydrogen-bond donors (Lipinski definition) is 4. The van der Waals surface area contributed by atoms with Crippen molar-refractivity contribution in [3.05, 3.63) is 29.3 Å². The number of aliphatic hydroxyl groups is 2. The molecule has 0 amide bonds. The molecule has 0 aliphatic heterocycles. The van der Waals surface area contributed by atoms with E-state index in [1.807, 2.05) is 6.07 Å². The van der Waals surface area contributed by atoms with Crippen LogP contribution < -0.4 is 0 Å². The maximum absolute atomic E-state index is 10.7. The predicted octanol–water partition coefficient (Wildman–Crippen LogP) is 1.84. The SMILES string of the molecule is C[C@]12CC[C@H]3c4ccc(O)cc4/C(=N\OCC(=O)O)C[C@H]3[C@H]1C[C@@H](O)[C@@H]2O. The Hall–Kier alpha value is -2.12. The molecule has 3 aliphatic rings. The molecule has 0 bridgehead atoms. The van der Waals surface area contributed by atoms with Gasteiger partial charge in [-0.1, -0.05) is 18.1 Å². The summed E-state index contributed by atoms with van der Waals surface area (Å²) in [6.45, 7) is 1.53. The highest BCUT2D eigenvalue weighted by atomic mass is 16.6. The zero-order chi connectivity index (χ0) is 19.3. The molecule has 0 heterocycles. The third-order valence-electron chi connectivity index (χ3n) is 6.95. The van der Waals surface area contributed by atoms with Crippen LogP contribution in [0.25, 0.3) is 0 Å². The zero-order valence-corrected chi connectivity index (χ0v) is 15.2. The number of phenolic OH excluding ortho intramolecular Hbond substituents is 1. The van der Waals surface area contributed by atoms with Crippen molar-refractivity contribution in [2.75, 3.05) is 6.61 Å². The van der Waals surface area contributed by atoms with Gasteiger partial charge in [0.2, 0.25) is 6.61 Å². The Bertz CT molecular complexity index is 793. The minimum atomic E-state index is -1.10. The summed E-state index contributed by atoms with van der Waals surface area (Å²) in [5.74, 6) is -0.385. The standard InChI is InChI=1S/C20H25NO6/c1-20-5-4-12-11-3-2-10(22)6-14(11)16(21-27-9-18(24)25)7-13(12)15(20)8-17(23)19(20)26/h2-3,6,12-13,15,17,19,22-23,26H,4-5,7-9H2,1H3,(H,24,25)/b21-16-/t12-,13+,15+,17+,19-,20-/m0/s1. The lowest BCUT2D eigenvalue weighted by Gasteiger charge is -2.49. The third kappa shape index (κ3) is 2.89. The Labute approximate surface area is 157 Å². The first-order chi connectivity index (χ1) is 12.8. The van der Waals surface area contributed by atoms with Crippen LogP contribution >= 0.6 is 0 Å². The van der Waals surface area contributed by atoms with Crippen molar-refractivity contribution < 1.29 is 30.1 Å². The van der Waals surface area contributed by atoms with Crippen molar-refractivity contribution in [3.8, 4) is 5.75 Å². The summed E-state index contributed by atoms with van der Waals surface area (Å²) in [6.07, 6.45) is 1.40. The van der Waals surface area contributed by atoms with Crippen molar-refractivity contribution in [3.63, 3.8) is 0 Å². The van der Waals surface area contributed by atoms with Gasteiger partial charge in [-0.2, -0.15) is 0 Å². The monoisotopic (exact) mass is 375 g/mol. The number of oxime groups is 1. The summed E-state index contributed by atoms with van der Waals surface area (Å²) in [5, 5.41) is 43.6. The number of aliphatic carboxylic acids is 1. The normalized spacial score (nSPS) is 38.8. The van der Waals surface area contributed by atoms with E-state index < -0.39 is 24.8 Å². The number of aromatic hydroxyl groups is 1. The van der Waals surface area contributed by atoms with Crippen LogP contribution in [0.1, 0.15) is 49.7 Å². The number of rotatable bonds is 3. The smallest absolute Gasteiger partial charge is 0.344 e. The minimum Gasteiger partial charge on any atom is -0.508 e. The maximum atomic E-state index is 10.7. The topological polar surface area (TPSA) is 120 Å². The lowest BCUT2D eigenvalue weighted by molar-refractivity contribution is -0.142. The van der Waals surface area contributed by atoms with Gasteiger partial charge in [0, 0.05) is 5.56 Å². The highest BCUT2D eigenvalue weighted by Crippen LogP contribution is 2.61. The van der Waals surface area contributed by atoms with Crippen LogP contribution in [-0.2, 0) is 9.63 Å². The molecule has 0 radical (unpaired) electrons. The Balaban J connectivity index is 1.73. The average molecular weight is 375 g/mol. The highest BCUT2D eigenvalue weighted by molar-refractivity contribution is 6.03. The molecule has 146 valence electrons. The molecule has 0 spiro atoms. The Morgan fingerprint density at radius 1 is 1.37 bits per heavy atom. The fourth-order valence-electron chi connectivity index (χ4n) is 5.65. The fraction of sp³-hybridized carbons (Fsp3) is 0.600. The molecule has 1 aromatic rings. The first-order valence-corrected chi connectivity index (χ1v) is 9.41. The van der Waals surface area contributed by atoms with Gasteiger partial charge in [0.1, 0.15) is 5.75 Å². The number of hydrogen-bond acceptors (Lipinski definition) is 6. The van der Waals surface area contributed by atoms with Crippen molar-refractivity contribution in [2.24, 2.45) is 22.4 Å². The van der Waals surface area contributed by atoms with Crippen LogP contribution in [0.5, 0.6) is 5.75 Å². The summed E-state index contributed by atoms with van der Waals surface area (Å²) in [7, 11) is 0. The summed E-state index contributed by atoms with van der Waals surface area (Å²) < 4.78 is 0. The molecule has 0 unspecified atom stereocenters. The summed E-state index contributed by atoms with van der Waals surface area (Å²) >= 11 is 0. The lowest BCUT2D eigenvalue weighted by atomic mass is 9.55. The van der Waals surface area contributed by atoms with Gasteiger partial charge in [-0.05, 0) is 66.5 Å². The molecular formula is C20H25NO6. The molecule has 7 heteroatoms.